The molecule has 2 aliphatic carbocycles. The van der Waals surface area contributed by atoms with Crippen LogP contribution in [0.2, 0.25) is 0 Å². The average molecular weight is 247 g/mol. The quantitative estimate of drug-likeness (QED) is 0.686. The number of fused-ring (bicyclic) bond motifs is 2. The Morgan fingerprint density at radius 2 is 1.94 bits per heavy atom. The van der Waals surface area contributed by atoms with Gasteiger partial charge in [-0.2, -0.15) is 8.42 Å². The molecular formula is C10H17NO4S. The minimum absolute atomic E-state index is 0.121. The van der Waals surface area contributed by atoms with E-state index in [2.05, 4.69) is 0 Å². The summed E-state index contributed by atoms with van der Waals surface area (Å²) in [6, 6.07) is 0. The monoisotopic (exact) mass is 247 g/mol. The molecule has 0 saturated heterocycles. The molecule has 16 heavy (non-hydrogen) atoms. The lowest BCUT2D eigenvalue weighted by molar-refractivity contribution is -0.128. The first-order valence-electron chi connectivity index (χ1n) is 5.32. The van der Waals surface area contributed by atoms with Crippen LogP contribution in [0.15, 0.2) is 0 Å². The lowest BCUT2D eigenvalue weighted by Gasteiger charge is -2.38. The van der Waals surface area contributed by atoms with E-state index in [1.54, 1.807) is 0 Å². The van der Waals surface area contributed by atoms with Gasteiger partial charge in [0.25, 0.3) is 10.1 Å². The highest BCUT2D eigenvalue weighted by Crippen LogP contribution is 2.65. The van der Waals surface area contributed by atoms with Crippen LogP contribution in [-0.4, -0.2) is 30.0 Å². The Morgan fingerprint density at radius 3 is 2.25 bits per heavy atom. The fourth-order valence-electron chi connectivity index (χ4n) is 3.44. The summed E-state index contributed by atoms with van der Waals surface area (Å²) in [4.78, 5) is 12.0. The molecule has 92 valence electrons. The van der Waals surface area contributed by atoms with Crippen molar-refractivity contribution in [2.24, 2.45) is 16.6 Å². The van der Waals surface area contributed by atoms with Crippen LogP contribution >= 0.6 is 0 Å². The molecular weight excluding hydrogens is 230 g/mol. The van der Waals surface area contributed by atoms with Crippen molar-refractivity contribution in [1.29, 1.82) is 0 Å². The molecule has 2 atom stereocenters. The zero-order chi connectivity index (χ0) is 12.4. The molecule has 2 rings (SSSR count). The second-order valence-corrected chi connectivity index (χ2v) is 7.14. The first-order valence-corrected chi connectivity index (χ1v) is 6.92. The number of carbonyl (C=O) groups is 1. The van der Waals surface area contributed by atoms with Gasteiger partial charge in [-0.3, -0.25) is 9.35 Å². The van der Waals surface area contributed by atoms with Crippen molar-refractivity contribution < 1.29 is 17.8 Å². The fourth-order valence-corrected chi connectivity index (χ4v) is 4.72. The summed E-state index contributed by atoms with van der Waals surface area (Å²) in [6.07, 6.45) is 1.31. The smallest absolute Gasteiger partial charge is 0.265 e. The molecule has 0 radical (unpaired) electrons. The number of hydrogen-bond donors (Lipinski definition) is 2. The second kappa shape index (κ2) is 2.86. The highest BCUT2D eigenvalue weighted by Gasteiger charge is 2.71. The van der Waals surface area contributed by atoms with Gasteiger partial charge in [0.2, 0.25) is 0 Å². The van der Waals surface area contributed by atoms with Gasteiger partial charge in [-0.25, -0.2) is 0 Å². The Balaban J connectivity index is 2.52. The minimum atomic E-state index is -4.16. The predicted molar refractivity (Wildman–Crippen MR) is 58.4 cm³/mol. The Morgan fingerprint density at radius 1 is 1.38 bits per heavy atom. The first kappa shape index (κ1) is 12.0. The summed E-state index contributed by atoms with van der Waals surface area (Å²) in [5.74, 6) is -0.617. The van der Waals surface area contributed by atoms with Gasteiger partial charge in [-0.05, 0) is 18.3 Å². The van der Waals surface area contributed by atoms with E-state index in [0.717, 1.165) is 0 Å². The molecule has 0 heterocycles. The molecule has 6 heteroatoms. The maximum atomic E-state index is 12.0. The van der Waals surface area contributed by atoms with Crippen molar-refractivity contribution in [1.82, 2.24) is 0 Å². The zero-order valence-electron chi connectivity index (χ0n) is 9.49. The molecule has 0 spiro atoms. The molecule has 2 bridgehead atoms. The highest BCUT2D eigenvalue weighted by molar-refractivity contribution is 7.85. The Bertz CT molecular complexity index is 455. The third kappa shape index (κ3) is 1.23. The van der Waals surface area contributed by atoms with E-state index in [1.807, 2.05) is 13.8 Å². The normalized spacial score (nSPS) is 41.6. The van der Waals surface area contributed by atoms with Crippen molar-refractivity contribution in [3.63, 3.8) is 0 Å². The van der Waals surface area contributed by atoms with Gasteiger partial charge >= 0.3 is 0 Å². The van der Waals surface area contributed by atoms with Crippen LogP contribution in [0.1, 0.15) is 33.1 Å². The van der Waals surface area contributed by atoms with E-state index < -0.39 is 32.2 Å². The van der Waals surface area contributed by atoms with E-state index in [4.69, 9.17) is 10.3 Å². The first-order chi connectivity index (χ1) is 7.04. The number of nitrogens with two attached hydrogens (primary N) is 1. The van der Waals surface area contributed by atoms with Crippen molar-refractivity contribution >= 4 is 15.9 Å². The van der Waals surface area contributed by atoms with Crippen LogP contribution in [0, 0.1) is 10.8 Å². The molecule has 2 saturated carbocycles. The minimum Gasteiger partial charge on any atom is -0.324 e. The average Bonchev–Trinajstić information content (AvgIpc) is 2.30. The number of Topliss-reactive ketones (excluding diaryl/α,β-unsaturated/α-hetero) is 1. The van der Waals surface area contributed by atoms with Gasteiger partial charge < -0.3 is 5.73 Å². The van der Waals surface area contributed by atoms with E-state index in [0.29, 0.717) is 12.8 Å². The van der Waals surface area contributed by atoms with E-state index in [9.17, 15) is 13.2 Å². The summed E-state index contributed by atoms with van der Waals surface area (Å²) in [6.45, 7) is 3.66. The third-order valence-electron chi connectivity index (χ3n) is 4.88. The molecule has 3 N–H and O–H groups in total. The summed E-state index contributed by atoms with van der Waals surface area (Å²) < 4.78 is 31.1. The molecule has 0 aromatic carbocycles. The molecule has 0 aliphatic heterocycles. The molecule has 5 nitrogen and oxygen atoms in total. The van der Waals surface area contributed by atoms with Gasteiger partial charge in [0.15, 0.2) is 0 Å². The van der Waals surface area contributed by atoms with Crippen molar-refractivity contribution in [2.45, 2.75) is 38.6 Å². The number of hydrogen-bond acceptors (Lipinski definition) is 4. The zero-order valence-corrected chi connectivity index (χ0v) is 10.3. The number of ketones is 1. The Kier molecular flexibility index (Phi) is 2.15. The van der Waals surface area contributed by atoms with E-state index in [-0.39, 0.29) is 12.2 Å². The van der Waals surface area contributed by atoms with Crippen molar-refractivity contribution in [3.05, 3.63) is 0 Å². The standard InChI is InChI=1S/C10H17NO4S/c1-8(2)9(6-16(13,14)15)3-4-10(8,11)5-7(9)12/h3-6,11H2,1-2H3,(H,13,14,15)/t9-,10+/m1/s1. The largest absolute Gasteiger partial charge is 0.324 e. The van der Waals surface area contributed by atoms with Crippen LogP contribution < -0.4 is 5.73 Å². The van der Waals surface area contributed by atoms with E-state index in [1.165, 1.54) is 0 Å². The Hall–Kier alpha value is -0.460. The summed E-state index contributed by atoms with van der Waals surface area (Å²) in [5, 5.41) is 0. The number of carbonyl (C=O) groups excluding carboxylic acids is 1. The summed E-state index contributed by atoms with van der Waals surface area (Å²) >= 11 is 0. The highest BCUT2D eigenvalue weighted by atomic mass is 32.2. The second-order valence-electron chi connectivity index (χ2n) is 5.69. The van der Waals surface area contributed by atoms with Crippen LogP contribution in [0.25, 0.3) is 0 Å². The van der Waals surface area contributed by atoms with Gasteiger partial charge in [0, 0.05) is 12.0 Å². The topological polar surface area (TPSA) is 97.5 Å². The predicted octanol–water partition coefficient (Wildman–Crippen LogP) is 0.351. The molecule has 2 fully saturated rings. The lowest BCUT2D eigenvalue weighted by atomic mass is 9.68. The van der Waals surface area contributed by atoms with Crippen LogP contribution in [0.5, 0.6) is 0 Å². The third-order valence-corrected chi connectivity index (χ3v) is 5.74. The Labute approximate surface area is 95.1 Å². The van der Waals surface area contributed by atoms with Crippen molar-refractivity contribution in [2.75, 3.05) is 5.75 Å². The van der Waals surface area contributed by atoms with Crippen molar-refractivity contribution in [3.8, 4) is 0 Å². The van der Waals surface area contributed by atoms with Crippen LogP contribution in [-0.2, 0) is 14.9 Å². The van der Waals surface area contributed by atoms with Gasteiger partial charge in [0.1, 0.15) is 5.78 Å². The van der Waals surface area contributed by atoms with Gasteiger partial charge in [0.05, 0.1) is 11.2 Å². The molecule has 0 amide bonds. The SMILES string of the molecule is CC1(C)[C@]2(N)CC[C@@]1(CS(=O)(=O)O)C(=O)C2. The maximum absolute atomic E-state index is 12.0. The van der Waals surface area contributed by atoms with Gasteiger partial charge in [-0.1, -0.05) is 13.8 Å². The lowest BCUT2D eigenvalue weighted by Crippen LogP contribution is -2.49. The molecule has 0 aromatic rings. The van der Waals surface area contributed by atoms with Crippen LogP contribution in [0.4, 0.5) is 0 Å². The summed E-state index contributed by atoms with van der Waals surface area (Å²) in [5.41, 5.74) is 3.99. The van der Waals surface area contributed by atoms with Gasteiger partial charge in [-0.15, -0.1) is 0 Å². The molecule has 0 unspecified atom stereocenters. The van der Waals surface area contributed by atoms with E-state index >= 15 is 0 Å². The fraction of sp³-hybridized carbons (Fsp3) is 0.900. The molecule has 0 aromatic heterocycles. The summed E-state index contributed by atoms with van der Waals surface area (Å²) in [7, 11) is -4.16. The molecule has 2 aliphatic rings. The van der Waals surface area contributed by atoms with Crippen LogP contribution in [0.3, 0.4) is 0 Å². The maximum Gasteiger partial charge on any atom is 0.265 e. The number of rotatable bonds is 2.